The van der Waals surface area contributed by atoms with Gasteiger partial charge in [0.15, 0.2) is 0 Å². The highest BCUT2D eigenvalue weighted by Crippen LogP contribution is 2.13. The zero-order chi connectivity index (χ0) is 12.1. The molecule has 2 unspecified atom stereocenters. The van der Waals surface area contributed by atoms with Crippen LogP contribution in [0, 0.1) is 0 Å². The van der Waals surface area contributed by atoms with Crippen LogP contribution in [0.5, 0.6) is 0 Å². The van der Waals surface area contributed by atoms with E-state index in [1.807, 2.05) is 0 Å². The van der Waals surface area contributed by atoms with Crippen LogP contribution in [0.4, 0.5) is 0 Å². The number of hydrogen-bond acceptors (Lipinski definition) is 4. The van der Waals surface area contributed by atoms with Gasteiger partial charge in [0.05, 0.1) is 0 Å². The molecule has 1 fully saturated rings. The average Bonchev–Trinajstić information content (AvgIpc) is 2.25. The smallest absolute Gasteiger partial charge is 0.233 e. The molecular formula is C11H24N4O. The number of hydrogen-bond donors (Lipinski definition) is 2. The molecule has 1 aliphatic rings. The molecule has 0 aromatic carbocycles. The third kappa shape index (κ3) is 3.73. The van der Waals surface area contributed by atoms with Crippen LogP contribution in [0.3, 0.4) is 0 Å². The van der Waals surface area contributed by atoms with Crippen LogP contribution in [0.2, 0.25) is 0 Å². The summed E-state index contributed by atoms with van der Waals surface area (Å²) in [5.41, 5.74) is 2.16. The average molecular weight is 228 g/mol. The van der Waals surface area contributed by atoms with Crippen molar-refractivity contribution in [3.63, 3.8) is 0 Å². The lowest BCUT2D eigenvalue weighted by Gasteiger charge is -2.42. The van der Waals surface area contributed by atoms with Crippen molar-refractivity contribution in [1.29, 1.82) is 0 Å². The molecular weight excluding hydrogens is 204 g/mol. The Labute approximate surface area is 97.9 Å². The number of nitrogens with one attached hydrogen (secondary N) is 1. The highest BCUT2D eigenvalue weighted by Gasteiger charge is 2.25. The quantitative estimate of drug-likeness (QED) is 0.397. The molecule has 3 N–H and O–H groups in total. The standard InChI is InChI=1S/C11H24N4O/c1-9-7-15(8-10(2)14(9)3)6-4-5-11(16)13-12/h9-10H,4-8,12H2,1-3H3,(H,13,16). The van der Waals surface area contributed by atoms with E-state index < -0.39 is 0 Å². The van der Waals surface area contributed by atoms with E-state index in [1.54, 1.807) is 0 Å². The molecule has 0 saturated carbocycles. The topological polar surface area (TPSA) is 61.6 Å². The largest absolute Gasteiger partial charge is 0.300 e. The molecule has 2 atom stereocenters. The van der Waals surface area contributed by atoms with Gasteiger partial charge in [0.2, 0.25) is 5.91 Å². The number of nitrogens with two attached hydrogens (primary N) is 1. The Bertz CT molecular complexity index is 222. The minimum Gasteiger partial charge on any atom is -0.300 e. The highest BCUT2D eigenvalue weighted by molar-refractivity contribution is 5.75. The lowest BCUT2D eigenvalue weighted by Crippen LogP contribution is -2.55. The zero-order valence-electron chi connectivity index (χ0n) is 10.6. The number of rotatable bonds is 4. The van der Waals surface area contributed by atoms with Crippen molar-refractivity contribution in [2.75, 3.05) is 26.7 Å². The predicted octanol–water partition coefficient (Wildman–Crippen LogP) is -0.219. The summed E-state index contributed by atoms with van der Waals surface area (Å²) in [7, 11) is 2.18. The van der Waals surface area contributed by atoms with Crippen LogP contribution >= 0.6 is 0 Å². The first-order chi connectivity index (χ1) is 7.54. The molecule has 0 bridgehead atoms. The summed E-state index contributed by atoms with van der Waals surface area (Å²) < 4.78 is 0. The van der Waals surface area contributed by atoms with Gasteiger partial charge in [-0.2, -0.15) is 0 Å². The van der Waals surface area contributed by atoms with Crippen molar-refractivity contribution in [2.45, 2.75) is 38.8 Å². The van der Waals surface area contributed by atoms with Gasteiger partial charge < -0.3 is 4.90 Å². The van der Waals surface area contributed by atoms with E-state index in [9.17, 15) is 4.79 Å². The van der Waals surface area contributed by atoms with Crippen LogP contribution in [-0.4, -0.2) is 54.5 Å². The van der Waals surface area contributed by atoms with Crippen molar-refractivity contribution < 1.29 is 4.79 Å². The molecule has 1 aliphatic heterocycles. The maximum Gasteiger partial charge on any atom is 0.233 e. The van der Waals surface area contributed by atoms with Gasteiger partial charge >= 0.3 is 0 Å². The second-order valence-electron chi connectivity index (χ2n) is 4.79. The Hall–Kier alpha value is -0.650. The zero-order valence-corrected chi connectivity index (χ0v) is 10.6. The van der Waals surface area contributed by atoms with Crippen LogP contribution in [0.25, 0.3) is 0 Å². The molecule has 0 aliphatic carbocycles. The van der Waals surface area contributed by atoms with Gasteiger partial charge in [-0.05, 0) is 33.9 Å². The molecule has 16 heavy (non-hydrogen) atoms. The molecule has 0 aromatic heterocycles. The van der Waals surface area contributed by atoms with E-state index in [2.05, 4.69) is 36.1 Å². The molecule has 1 amide bonds. The molecule has 0 radical (unpaired) electrons. The number of carbonyl (C=O) groups is 1. The number of amides is 1. The molecule has 1 saturated heterocycles. The summed E-state index contributed by atoms with van der Waals surface area (Å²) in [5, 5.41) is 0. The Balaban J connectivity index is 2.25. The molecule has 94 valence electrons. The van der Waals surface area contributed by atoms with Gasteiger partial charge in [0.25, 0.3) is 0 Å². The fourth-order valence-corrected chi connectivity index (χ4v) is 2.23. The first-order valence-corrected chi connectivity index (χ1v) is 5.98. The lowest BCUT2D eigenvalue weighted by atomic mass is 10.1. The van der Waals surface area contributed by atoms with Crippen LogP contribution in [-0.2, 0) is 4.79 Å². The molecule has 0 aromatic rings. The summed E-state index contributed by atoms with van der Waals surface area (Å²) >= 11 is 0. The second-order valence-corrected chi connectivity index (χ2v) is 4.79. The monoisotopic (exact) mass is 228 g/mol. The van der Waals surface area contributed by atoms with Gasteiger partial charge in [-0.15, -0.1) is 0 Å². The Morgan fingerprint density at radius 3 is 2.44 bits per heavy atom. The van der Waals surface area contributed by atoms with E-state index in [0.29, 0.717) is 18.5 Å². The third-order valence-electron chi connectivity index (χ3n) is 3.47. The Morgan fingerprint density at radius 2 is 1.94 bits per heavy atom. The van der Waals surface area contributed by atoms with Crippen LogP contribution in [0.1, 0.15) is 26.7 Å². The predicted molar refractivity (Wildman–Crippen MR) is 64.7 cm³/mol. The van der Waals surface area contributed by atoms with Crippen molar-refractivity contribution in [1.82, 2.24) is 15.2 Å². The molecule has 5 nitrogen and oxygen atoms in total. The summed E-state index contributed by atoms with van der Waals surface area (Å²) in [6.45, 7) is 7.65. The summed E-state index contributed by atoms with van der Waals surface area (Å²) in [6.07, 6.45) is 1.40. The van der Waals surface area contributed by atoms with Gasteiger partial charge in [0, 0.05) is 31.6 Å². The van der Waals surface area contributed by atoms with Crippen molar-refractivity contribution in [3.8, 4) is 0 Å². The van der Waals surface area contributed by atoms with Gasteiger partial charge in [-0.1, -0.05) is 0 Å². The van der Waals surface area contributed by atoms with Crippen molar-refractivity contribution in [2.24, 2.45) is 5.84 Å². The maximum absolute atomic E-state index is 11.0. The molecule has 5 heteroatoms. The Kier molecular flexibility index (Phi) is 5.18. The van der Waals surface area contributed by atoms with E-state index in [1.165, 1.54) is 0 Å². The summed E-state index contributed by atoms with van der Waals surface area (Å²) in [6, 6.07) is 1.18. The lowest BCUT2D eigenvalue weighted by molar-refractivity contribution is -0.121. The van der Waals surface area contributed by atoms with E-state index >= 15 is 0 Å². The van der Waals surface area contributed by atoms with E-state index in [4.69, 9.17) is 5.84 Å². The second kappa shape index (κ2) is 6.18. The molecule has 1 rings (SSSR count). The number of nitrogens with zero attached hydrogens (tertiary/aromatic N) is 2. The summed E-state index contributed by atoms with van der Waals surface area (Å²) in [5.74, 6) is 4.96. The first kappa shape index (κ1) is 13.4. The fourth-order valence-electron chi connectivity index (χ4n) is 2.23. The minimum absolute atomic E-state index is 0.0739. The Morgan fingerprint density at radius 1 is 1.38 bits per heavy atom. The first-order valence-electron chi connectivity index (χ1n) is 5.98. The van der Waals surface area contributed by atoms with E-state index in [0.717, 1.165) is 26.1 Å². The minimum atomic E-state index is -0.0739. The van der Waals surface area contributed by atoms with E-state index in [-0.39, 0.29) is 5.91 Å². The van der Waals surface area contributed by atoms with Gasteiger partial charge in [-0.3, -0.25) is 15.1 Å². The van der Waals surface area contributed by atoms with Crippen molar-refractivity contribution >= 4 is 5.91 Å². The number of piperazine rings is 1. The normalized spacial score (nSPS) is 28.0. The number of likely N-dealkylation sites (N-methyl/N-ethyl adjacent to an activating group) is 1. The SMILES string of the molecule is CC1CN(CCCC(=O)NN)CC(C)N1C. The van der Waals surface area contributed by atoms with Gasteiger partial charge in [0.1, 0.15) is 0 Å². The fraction of sp³-hybridized carbons (Fsp3) is 0.909. The maximum atomic E-state index is 11.0. The third-order valence-corrected chi connectivity index (χ3v) is 3.47. The van der Waals surface area contributed by atoms with Crippen molar-refractivity contribution in [3.05, 3.63) is 0 Å². The summed E-state index contributed by atoms with van der Waals surface area (Å²) in [4.78, 5) is 15.8. The molecule has 0 spiro atoms. The van der Waals surface area contributed by atoms with Crippen LogP contribution in [0.15, 0.2) is 0 Å². The number of hydrazine groups is 1. The molecule has 1 heterocycles. The van der Waals surface area contributed by atoms with Crippen LogP contribution < -0.4 is 11.3 Å². The number of carbonyl (C=O) groups excluding carboxylic acids is 1. The van der Waals surface area contributed by atoms with Gasteiger partial charge in [-0.25, -0.2) is 5.84 Å². The highest BCUT2D eigenvalue weighted by atomic mass is 16.2.